The zero-order valence-electron chi connectivity index (χ0n) is 11.9. The standard InChI is InChI=1S/C16H20N2O2/c1-10(2)18-9-11(8-17-12-6-7-12)13-4-3-5-14(15(13)18)16(19)20/h3-5,9-10,12,17H,6-8H2,1-2H3,(H,19,20). The molecule has 4 heteroatoms. The number of nitrogens with one attached hydrogen (secondary N) is 1. The number of fused-ring (bicyclic) bond motifs is 1. The van der Waals surface area contributed by atoms with Gasteiger partial charge in [0.25, 0.3) is 0 Å². The maximum absolute atomic E-state index is 11.4. The summed E-state index contributed by atoms with van der Waals surface area (Å²) in [5.74, 6) is -0.864. The summed E-state index contributed by atoms with van der Waals surface area (Å²) >= 11 is 0. The molecule has 0 radical (unpaired) electrons. The van der Waals surface area contributed by atoms with Gasteiger partial charge in [-0.15, -0.1) is 0 Å². The quantitative estimate of drug-likeness (QED) is 0.879. The summed E-state index contributed by atoms with van der Waals surface area (Å²) < 4.78 is 2.07. The Kier molecular flexibility index (Phi) is 3.26. The van der Waals surface area contributed by atoms with Crippen molar-refractivity contribution in [1.82, 2.24) is 9.88 Å². The summed E-state index contributed by atoms with van der Waals surface area (Å²) in [6.45, 7) is 4.97. The molecule has 4 nitrogen and oxygen atoms in total. The van der Waals surface area contributed by atoms with Crippen molar-refractivity contribution in [2.75, 3.05) is 0 Å². The van der Waals surface area contributed by atoms with Gasteiger partial charge in [0, 0.05) is 30.2 Å². The van der Waals surface area contributed by atoms with E-state index < -0.39 is 5.97 Å². The van der Waals surface area contributed by atoms with Crippen molar-refractivity contribution >= 4 is 16.9 Å². The summed E-state index contributed by atoms with van der Waals surface area (Å²) in [6.07, 6.45) is 4.60. The first-order chi connectivity index (χ1) is 9.58. The maximum Gasteiger partial charge on any atom is 0.337 e. The molecule has 1 aromatic heterocycles. The fraction of sp³-hybridized carbons (Fsp3) is 0.438. The lowest BCUT2D eigenvalue weighted by molar-refractivity contribution is 0.0698. The van der Waals surface area contributed by atoms with E-state index >= 15 is 0 Å². The van der Waals surface area contributed by atoms with Crippen LogP contribution in [0.1, 0.15) is 48.7 Å². The highest BCUT2D eigenvalue weighted by Crippen LogP contribution is 2.29. The van der Waals surface area contributed by atoms with Crippen molar-refractivity contribution in [3.05, 3.63) is 35.5 Å². The average molecular weight is 272 g/mol. The van der Waals surface area contributed by atoms with Gasteiger partial charge in [-0.05, 0) is 38.3 Å². The van der Waals surface area contributed by atoms with E-state index in [9.17, 15) is 9.90 Å². The lowest BCUT2D eigenvalue weighted by Gasteiger charge is -2.10. The van der Waals surface area contributed by atoms with Gasteiger partial charge in [0.2, 0.25) is 0 Å². The lowest BCUT2D eigenvalue weighted by Crippen LogP contribution is -2.15. The Morgan fingerprint density at radius 2 is 2.20 bits per heavy atom. The van der Waals surface area contributed by atoms with Gasteiger partial charge in [-0.2, -0.15) is 0 Å². The molecule has 0 spiro atoms. The zero-order valence-corrected chi connectivity index (χ0v) is 11.9. The van der Waals surface area contributed by atoms with Crippen LogP contribution in [-0.4, -0.2) is 21.7 Å². The summed E-state index contributed by atoms with van der Waals surface area (Å²) in [6, 6.07) is 6.42. The highest BCUT2D eigenvalue weighted by Gasteiger charge is 2.22. The van der Waals surface area contributed by atoms with Crippen molar-refractivity contribution in [3.63, 3.8) is 0 Å². The highest BCUT2D eigenvalue weighted by atomic mass is 16.4. The molecule has 2 N–H and O–H groups in total. The van der Waals surface area contributed by atoms with Crippen LogP contribution in [0.25, 0.3) is 10.9 Å². The molecular formula is C16H20N2O2. The third-order valence-electron chi connectivity index (χ3n) is 3.88. The number of para-hydroxylation sites is 1. The molecule has 0 unspecified atom stereocenters. The van der Waals surface area contributed by atoms with Gasteiger partial charge >= 0.3 is 5.97 Å². The predicted molar refractivity (Wildman–Crippen MR) is 79.1 cm³/mol. The number of rotatable bonds is 5. The third kappa shape index (κ3) is 2.31. The largest absolute Gasteiger partial charge is 0.478 e. The predicted octanol–water partition coefficient (Wildman–Crippen LogP) is 3.17. The monoisotopic (exact) mass is 272 g/mol. The van der Waals surface area contributed by atoms with Gasteiger partial charge in [0.05, 0.1) is 11.1 Å². The first-order valence-electron chi connectivity index (χ1n) is 7.17. The molecule has 1 saturated carbocycles. The molecule has 0 bridgehead atoms. The molecule has 20 heavy (non-hydrogen) atoms. The molecule has 0 aliphatic heterocycles. The number of aromatic nitrogens is 1. The molecule has 1 aliphatic carbocycles. The number of hydrogen-bond acceptors (Lipinski definition) is 2. The van der Waals surface area contributed by atoms with Crippen LogP contribution in [0.4, 0.5) is 0 Å². The van der Waals surface area contributed by atoms with Crippen molar-refractivity contribution in [1.29, 1.82) is 0 Å². The number of carbonyl (C=O) groups is 1. The van der Waals surface area contributed by atoms with Gasteiger partial charge in [-0.25, -0.2) is 4.79 Å². The van der Waals surface area contributed by atoms with E-state index in [-0.39, 0.29) is 6.04 Å². The summed E-state index contributed by atoms with van der Waals surface area (Å²) in [4.78, 5) is 11.4. The normalized spacial score (nSPS) is 15.2. The van der Waals surface area contributed by atoms with Gasteiger partial charge in [0.1, 0.15) is 0 Å². The zero-order chi connectivity index (χ0) is 14.3. The van der Waals surface area contributed by atoms with E-state index in [2.05, 4.69) is 29.9 Å². The second kappa shape index (κ2) is 4.94. The van der Waals surface area contributed by atoms with Crippen LogP contribution in [0, 0.1) is 0 Å². The summed E-state index contributed by atoms with van der Waals surface area (Å²) in [5, 5.41) is 14.0. The Bertz CT molecular complexity index is 654. The fourth-order valence-corrected chi connectivity index (χ4v) is 2.65. The minimum Gasteiger partial charge on any atom is -0.478 e. The van der Waals surface area contributed by atoms with Crippen LogP contribution in [0.2, 0.25) is 0 Å². The number of benzene rings is 1. The summed E-state index contributed by atoms with van der Waals surface area (Å²) in [5.41, 5.74) is 2.40. The van der Waals surface area contributed by atoms with Crippen LogP contribution >= 0.6 is 0 Å². The van der Waals surface area contributed by atoms with Crippen molar-refractivity contribution in [2.45, 2.75) is 45.3 Å². The molecule has 0 saturated heterocycles. The molecule has 1 aliphatic rings. The number of nitrogens with zero attached hydrogens (tertiary/aromatic N) is 1. The average Bonchev–Trinajstić information content (AvgIpc) is 3.16. The van der Waals surface area contributed by atoms with Crippen molar-refractivity contribution in [3.8, 4) is 0 Å². The van der Waals surface area contributed by atoms with E-state index in [0.29, 0.717) is 11.6 Å². The van der Waals surface area contributed by atoms with Crippen LogP contribution in [0.3, 0.4) is 0 Å². The van der Waals surface area contributed by atoms with Gasteiger partial charge in [-0.3, -0.25) is 0 Å². The van der Waals surface area contributed by atoms with Gasteiger partial charge in [0.15, 0.2) is 0 Å². The Hall–Kier alpha value is -1.81. The second-order valence-corrected chi connectivity index (χ2v) is 5.82. The van der Waals surface area contributed by atoms with E-state index in [1.807, 2.05) is 12.1 Å². The number of hydrogen-bond donors (Lipinski definition) is 2. The van der Waals surface area contributed by atoms with Crippen LogP contribution < -0.4 is 5.32 Å². The molecule has 106 valence electrons. The molecule has 0 atom stereocenters. The van der Waals surface area contributed by atoms with E-state index in [4.69, 9.17) is 0 Å². The van der Waals surface area contributed by atoms with Gasteiger partial charge in [-0.1, -0.05) is 12.1 Å². The Morgan fingerprint density at radius 1 is 1.45 bits per heavy atom. The Labute approximate surface area is 118 Å². The Morgan fingerprint density at radius 3 is 2.80 bits per heavy atom. The lowest BCUT2D eigenvalue weighted by atomic mass is 10.1. The van der Waals surface area contributed by atoms with Crippen LogP contribution in [0.5, 0.6) is 0 Å². The minimum atomic E-state index is -0.864. The minimum absolute atomic E-state index is 0.243. The molecule has 0 amide bonds. The third-order valence-corrected chi connectivity index (χ3v) is 3.88. The highest BCUT2D eigenvalue weighted by molar-refractivity contribution is 6.03. The number of aromatic carboxylic acids is 1. The van der Waals surface area contributed by atoms with Gasteiger partial charge < -0.3 is 15.0 Å². The SMILES string of the molecule is CC(C)n1cc(CNC2CC2)c2cccc(C(=O)O)c21. The van der Waals surface area contributed by atoms with E-state index in [1.165, 1.54) is 18.4 Å². The molecule has 3 rings (SSSR count). The fourth-order valence-electron chi connectivity index (χ4n) is 2.65. The smallest absolute Gasteiger partial charge is 0.337 e. The number of carboxylic acid groups (broad SMARTS) is 1. The van der Waals surface area contributed by atoms with Crippen LogP contribution in [-0.2, 0) is 6.54 Å². The number of carboxylic acids is 1. The molecule has 1 fully saturated rings. The molecular weight excluding hydrogens is 252 g/mol. The molecule has 1 heterocycles. The first-order valence-corrected chi connectivity index (χ1v) is 7.17. The molecule has 2 aromatic rings. The Balaban J connectivity index is 2.11. The van der Waals surface area contributed by atoms with Crippen molar-refractivity contribution in [2.24, 2.45) is 0 Å². The topological polar surface area (TPSA) is 54.3 Å². The molecule has 1 aromatic carbocycles. The maximum atomic E-state index is 11.4. The van der Waals surface area contributed by atoms with E-state index in [1.54, 1.807) is 6.07 Å². The second-order valence-electron chi connectivity index (χ2n) is 5.82. The van der Waals surface area contributed by atoms with Crippen molar-refractivity contribution < 1.29 is 9.90 Å². The van der Waals surface area contributed by atoms with E-state index in [0.717, 1.165) is 17.4 Å². The summed E-state index contributed by atoms with van der Waals surface area (Å²) in [7, 11) is 0. The van der Waals surface area contributed by atoms with Crippen LogP contribution in [0.15, 0.2) is 24.4 Å². The first kappa shape index (κ1) is 13.2.